The van der Waals surface area contributed by atoms with Crippen LogP contribution in [0, 0.1) is 0 Å². The summed E-state index contributed by atoms with van der Waals surface area (Å²) in [4.78, 5) is 8.86. The lowest BCUT2D eigenvalue weighted by molar-refractivity contribution is -0.137. The molecule has 0 spiro atoms. The lowest BCUT2D eigenvalue weighted by Crippen LogP contribution is -2.52. The molecule has 0 aliphatic carbocycles. The Balaban J connectivity index is 0.00000341. The van der Waals surface area contributed by atoms with Crippen molar-refractivity contribution in [2.75, 3.05) is 44.2 Å². The first-order valence-corrected chi connectivity index (χ1v) is 10.2. The third kappa shape index (κ3) is 6.71. The lowest BCUT2D eigenvalue weighted by atomic mass is 10.1. The highest BCUT2D eigenvalue weighted by Crippen LogP contribution is 2.31. The largest absolute Gasteiger partial charge is 0.416 e. The van der Waals surface area contributed by atoms with Gasteiger partial charge in [0, 0.05) is 51.4 Å². The second-order valence-corrected chi connectivity index (χ2v) is 7.05. The number of alkyl halides is 3. The Morgan fingerprint density at radius 3 is 2.55 bits per heavy atom. The highest BCUT2D eigenvalue weighted by Gasteiger charge is 2.31. The third-order valence-corrected chi connectivity index (χ3v) is 5.07. The molecule has 1 aromatic carbocycles. The number of hydrogen-bond acceptors (Lipinski definition) is 4. The van der Waals surface area contributed by atoms with Gasteiger partial charge in [-0.2, -0.15) is 13.2 Å². The summed E-state index contributed by atoms with van der Waals surface area (Å²) in [6, 6.07) is 5.52. The number of piperazine rings is 1. The molecule has 0 unspecified atom stereocenters. The maximum absolute atomic E-state index is 13.0. The average Bonchev–Trinajstić information content (AvgIpc) is 3.20. The van der Waals surface area contributed by atoms with Crippen molar-refractivity contribution in [3.8, 4) is 0 Å². The molecule has 1 saturated heterocycles. The summed E-state index contributed by atoms with van der Waals surface area (Å²) in [6.07, 6.45) is -1.79. The van der Waals surface area contributed by atoms with E-state index in [-0.39, 0.29) is 24.0 Å². The van der Waals surface area contributed by atoms with Gasteiger partial charge >= 0.3 is 6.18 Å². The van der Waals surface area contributed by atoms with Crippen molar-refractivity contribution in [2.24, 2.45) is 4.99 Å². The zero-order chi connectivity index (χ0) is 21.6. The first-order chi connectivity index (χ1) is 14.4. The van der Waals surface area contributed by atoms with Crippen LogP contribution in [0.5, 0.6) is 0 Å². The Morgan fingerprint density at radius 1 is 1.16 bits per heavy atom. The molecular weight excluding hydrogens is 522 g/mol. The van der Waals surface area contributed by atoms with Crippen molar-refractivity contribution >= 4 is 35.6 Å². The van der Waals surface area contributed by atoms with E-state index in [2.05, 4.69) is 20.4 Å². The van der Waals surface area contributed by atoms with E-state index in [0.717, 1.165) is 30.8 Å². The van der Waals surface area contributed by atoms with Crippen molar-refractivity contribution in [1.82, 2.24) is 25.0 Å². The number of rotatable bonds is 6. The number of guanidine groups is 1. The van der Waals surface area contributed by atoms with Gasteiger partial charge in [-0.05, 0) is 25.1 Å². The van der Waals surface area contributed by atoms with Gasteiger partial charge in [-0.1, -0.05) is 13.0 Å². The van der Waals surface area contributed by atoms with Gasteiger partial charge < -0.3 is 19.7 Å². The molecule has 0 amide bonds. The van der Waals surface area contributed by atoms with Gasteiger partial charge in [0.2, 0.25) is 0 Å². The number of nitrogens with zero attached hydrogens (tertiary/aromatic N) is 6. The number of benzene rings is 1. The van der Waals surface area contributed by atoms with Gasteiger partial charge in [-0.3, -0.25) is 4.99 Å². The standard InChI is InChI=1S/C20H28F3N7.HI/c1-3-18-27-26-15-30(18)9-8-25-19(24-4-2)29-12-10-28(11-13-29)17-7-5-6-16(14-17)20(21,22)23;/h5-7,14-15H,3-4,8-13H2,1-2H3,(H,24,25);1H. The first-order valence-electron chi connectivity index (χ1n) is 10.2. The number of aryl methyl sites for hydroxylation is 1. The molecule has 0 bridgehead atoms. The molecule has 0 atom stereocenters. The molecule has 0 radical (unpaired) electrons. The quantitative estimate of drug-likeness (QED) is 0.340. The summed E-state index contributed by atoms with van der Waals surface area (Å²) in [7, 11) is 0. The SMILES string of the molecule is CCNC(=NCCn1cnnc1CC)N1CCN(c2cccc(C(F)(F)F)c2)CC1.I. The third-order valence-electron chi connectivity index (χ3n) is 5.07. The molecule has 172 valence electrons. The monoisotopic (exact) mass is 551 g/mol. The minimum absolute atomic E-state index is 0. The van der Waals surface area contributed by atoms with E-state index in [1.54, 1.807) is 12.4 Å². The summed E-state index contributed by atoms with van der Waals surface area (Å²) in [5.74, 6) is 1.76. The molecule has 11 heteroatoms. The Kier molecular flexibility index (Phi) is 9.38. The van der Waals surface area contributed by atoms with Crippen LogP contribution in [0.1, 0.15) is 25.2 Å². The van der Waals surface area contributed by atoms with Crippen molar-refractivity contribution in [1.29, 1.82) is 0 Å². The average molecular weight is 551 g/mol. The Morgan fingerprint density at radius 2 is 1.90 bits per heavy atom. The number of aliphatic imine (C=N–C) groups is 1. The highest BCUT2D eigenvalue weighted by atomic mass is 127. The highest BCUT2D eigenvalue weighted by molar-refractivity contribution is 14.0. The van der Waals surface area contributed by atoms with Crippen LogP contribution in [0.25, 0.3) is 0 Å². The van der Waals surface area contributed by atoms with Gasteiger partial charge in [-0.15, -0.1) is 34.2 Å². The van der Waals surface area contributed by atoms with Crippen LogP contribution in [0.2, 0.25) is 0 Å². The van der Waals surface area contributed by atoms with Gasteiger partial charge in [-0.25, -0.2) is 0 Å². The van der Waals surface area contributed by atoms with Gasteiger partial charge in [0.05, 0.1) is 12.1 Å². The Hall–Kier alpha value is -2.05. The van der Waals surface area contributed by atoms with E-state index in [4.69, 9.17) is 4.99 Å². The van der Waals surface area contributed by atoms with Crippen LogP contribution in [0.3, 0.4) is 0 Å². The molecule has 1 aromatic heterocycles. The van der Waals surface area contributed by atoms with Crippen LogP contribution >= 0.6 is 24.0 Å². The molecule has 0 saturated carbocycles. The van der Waals surface area contributed by atoms with E-state index in [0.29, 0.717) is 45.0 Å². The molecule has 1 N–H and O–H groups in total. The van der Waals surface area contributed by atoms with E-state index in [1.165, 1.54) is 12.1 Å². The second-order valence-electron chi connectivity index (χ2n) is 7.05. The summed E-state index contributed by atoms with van der Waals surface area (Å²) in [6.45, 7) is 8.76. The predicted molar refractivity (Wildman–Crippen MR) is 126 cm³/mol. The van der Waals surface area contributed by atoms with Crippen molar-refractivity contribution < 1.29 is 13.2 Å². The molecule has 7 nitrogen and oxygen atoms in total. The number of nitrogens with one attached hydrogen (secondary N) is 1. The van der Waals surface area contributed by atoms with Crippen LogP contribution in [-0.4, -0.2) is 64.9 Å². The van der Waals surface area contributed by atoms with Crippen LogP contribution in [-0.2, 0) is 19.1 Å². The van der Waals surface area contributed by atoms with Gasteiger partial charge in [0.25, 0.3) is 0 Å². The van der Waals surface area contributed by atoms with Crippen molar-refractivity contribution in [3.05, 3.63) is 42.0 Å². The Bertz CT molecular complexity index is 845. The number of halogens is 4. The predicted octanol–water partition coefficient (Wildman–Crippen LogP) is 3.27. The summed E-state index contributed by atoms with van der Waals surface area (Å²) in [5.41, 5.74) is -0.0103. The Labute approximate surface area is 197 Å². The maximum Gasteiger partial charge on any atom is 0.416 e. The molecule has 1 aliphatic rings. The lowest BCUT2D eigenvalue weighted by Gasteiger charge is -2.38. The van der Waals surface area contributed by atoms with E-state index >= 15 is 0 Å². The van der Waals surface area contributed by atoms with Crippen molar-refractivity contribution in [3.63, 3.8) is 0 Å². The van der Waals surface area contributed by atoms with Crippen LogP contribution in [0.15, 0.2) is 35.6 Å². The summed E-state index contributed by atoms with van der Waals surface area (Å²) >= 11 is 0. The first kappa shape index (κ1) is 25.2. The van der Waals surface area contributed by atoms with Crippen LogP contribution in [0.4, 0.5) is 18.9 Å². The minimum atomic E-state index is -4.33. The zero-order valence-electron chi connectivity index (χ0n) is 17.8. The molecule has 2 aromatic rings. The topological polar surface area (TPSA) is 61.6 Å². The zero-order valence-corrected chi connectivity index (χ0v) is 20.1. The summed E-state index contributed by atoms with van der Waals surface area (Å²) < 4.78 is 41.0. The fourth-order valence-corrected chi connectivity index (χ4v) is 3.48. The van der Waals surface area contributed by atoms with Crippen LogP contribution < -0.4 is 10.2 Å². The molecular formula is C20H29F3IN7. The smallest absolute Gasteiger partial charge is 0.368 e. The number of anilines is 1. The molecule has 1 fully saturated rings. The molecule has 3 rings (SSSR count). The number of aromatic nitrogens is 3. The van der Waals surface area contributed by atoms with E-state index < -0.39 is 11.7 Å². The summed E-state index contributed by atoms with van der Waals surface area (Å²) in [5, 5.41) is 11.3. The fraction of sp³-hybridized carbons (Fsp3) is 0.550. The second kappa shape index (κ2) is 11.5. The molecule has 2 heterocycles. The van der Waals surface area contributed by atoms with Crippen molar-refractivity contribution in [2.45, 2.75) is 33.0 Å². The number of hydrogen-bond donors (Lipinski definition) is 1. The normalized spacial score (nSPS) is 15.1. The fourth-order valence-electron chi connectivity index (χ4n) is 3.48. The minimum Gasteiger partial charge on any atom is -0.368 e. The van der Waals surface area contributed by atoms with Gasteiger partial charge in [0.1, 0.15) is 12.2 Å². The van der Waals surface area contributed by atoms with E-state index in [9.17, 15) is 13.2 Å². The maximum atomic E-state index is 13.0. The molecule has 31 heavy (non-hydrogen) atoms. The van der Waals surface area contributed by atoms with E-state index in [1.807, 2.05) is 23.3 Å². The molecule has 1 aliphatic heterocycles. The van der Waals surface area contributed by atoms with Gasteiger partial charge in [0.15, 0.2) is 5.96 Å².